The quantitative estimate of drug-likeness (QED) is 0.150. The number of hydrogen-bond acceptors (Lipinski definition) is 1. The van der Waals surface area contributed by atoms with Crippen LogP contribution in [0, 0.1) is 0 Å². The van der Waals surface area contributed by atoms with E-state index in [4.69, 9.17) is 0 Å². The SMILES string of the molecule is [2H]c1c([2H])c(N(c2c([2H])c([2H])c(-c3ccc4ccccc4c3)c([2H])c2[2H])c2c([2H])c([2H])c(-c3ccc4ccccc4c3-c3ccccc3)c([2H])c2[2H])c([2H])c([2H])c1-c1cccc(-c2ccccc2)c1. The van der Waals surface area contributed by atoms with E-state index in [-0.39, 0.29) is 16.7 Å². The maximum Gasteiger partial charge on any atom is 0.0645 e. The first-order valence-corrected chi connectivity index (χ1v) is 18.6. The minimum atomic E-state index is -0.676. The first-order chi connectivity index (χ1) is 33.3. The van der Waals surface area contributed by atoms with Gasteiger partial charge < -0.3 is 4.90 Å². The van der Waals surface area contributed by atoms with E-state index in [0.717, 1.165) is 43.1 Å². The summed E-state index contributed by atoms with van der Waals surface area (Å²) in [6.45, 7) is 0. The minimum absolute atomic E-state index is 0.0488. The molecule has 10 rings (SSSR count). The summed E-state index contributed by atoms with van der Waals surface area (Å²) < 4.78 is 115. The van der Waals surface area contributed by atoms with Crippen LogP contribution in [0.3, 0.4) is 0 Å². The molecule has 0 saturated carbocycles. The lowest BCUT2D eigenvalue weighted by molar-refractivity contribution is 1.28. The molecule has 0 amide bonds. The van der Waals surface area contributed by atoms with Crippen LogP contribution in [-0.4, -0.2) is 0 Å². The van der Waals surface area contributed by atoms with Gasteiger partial charge in [0.15, 0.2) is 0 Å². The molecular weight excluding hydrogens is 687 g/mol. The van der Waals surface area contributed by atoms with Crippen molar-refractivity contribution >= 4 is 38.6 Å². The molecule has 1 nitrogen and oxygen atoms in total. The molecule has 0 atom stereocenters. The Hall–Kier alpha value is -7.48. The molecule has 0 aromatic heterocycles. The summed E-state index contributed by atoms with van der Waals surface area (Å²) in [5.41, 5.74) is 2.27. The summed E-state index contributed by atoms with van der Waals surface area (Å²) >= 11 is 0. The Balaban J connectivity index is 1.26. The largest absolute Gasteiger partial charge is 0.311 e. The van der Waals surface area contributed by atoms with Crippen LogP contribution in [0.4, 0.5) is 17.1 Å². The number of benzene rings is 10. The van der Waals surface area contributed by atoms with Crippen molar-refractivity contribution in [3.05, 3.63) is 236 Å². The van der Waals surface area contributed by atoms with Gasteiger partial charge in [0.25, 0.3) is 0 Å². The lowest BCUT2D eigenvalue weighted by Gasteiger charge is -2.26. The van der Waals surface area contributed by atoms with Crippen LogP contribution in [-0.2, 0) is 0 Å². The van der Waals surface area contributed by atoms with E-state index in [1.807, 2.05) is 127 Å². The zero-order valence-electron chi connectivity index (χ0n) is 42.5. The Morgan fingerprint density at radius 3 is 1.37 bits per heavy atom. The molecule has 1 heteroatoms. The summed E-state index contributed by atoms with van der Waals surface area (Å²) in [5.74, 6) is 0. The highest BCUT2D eigenvalue weighted by Crippen LogP contribution is 2.41. The normalized spacial score (nSPS) is 14.1. The summed E-state index contributed by atoms with van der Waals surface area (Å²) in [6, 6.07) is 42.7. The predicted octanol–water partition coefficient (Wildman–Crippen LogP) is 15.8. The first-order valence-electron chi connectivity index (χ1n) is 24.6. The van der Waals surface area contributed by atoms with Crippen molar-refractivity contribution < 1.29 is 16.4 Å². The molecule has 0 radical (unpaired) electrons. The van der Waals surface area contributed by atoms with Gasteiger partial charge in [-0.1, -0.05) is 188 Å². The summed E-state index contributed by atoms with van der Waals surface area (Å²) in [7, 11) is 0. The highest BCUT2D eigenvalue weighted by Gasteiger charge is 2.16. The highest BCUT2D eigenvalue weighted by molar-refractivity contribution is 6.04. The fraction of sp³-hybridized carbons (Fsp3) is 0. The Bertz CT molecular complexity index is 3620. The monoisotopic (exact) mass is 737 g/mol. The molecule has 0 spiro atoms. The van der Waals surface area contributed by atoms with Crippen LogP contribution in [0.5, 0.6) is 0 Å². The van der Waals surface area contributed by atoms with E-state index in [2.05, 4.69) is 0 Å². The summed E-state index contributed by atoms with van der Waals surface area (Å²) in [4.78, 5) is 0.860. The van der Waals surface area contributed by atoms with Crippen LogP contribution in [0.25, 0.3) is 77.2 Å². The van der Waals surface area contributed by atoms with Gasteiger partial charge in [-0.3, -0.25) is 0 Å². The standard InChI is InChI=1S/C56H39N/c1-3-12-40(13-4-1)48-19-11-20-49(38-48)42-24-31-51(32-25-42)57(52-33-26-43(27-34-52)50-23-22-41-14-7-8-18-47(41)39-50)53-35-28-45(29-36-53)55-37-30-44-15-9-10-21-54(44)56(55)46-16-5-2-6-17-46/h1-39H/i24D,25D,26D,27D,28D,29D,31D,32D,33D,34D,35D,36D. The van der Waals surface area contributed by atoms with E-state index in [0.29, 0.717) is 22.3 Å². The van der Waals surface area contributed by atoms with E-state index in [1.165, 1.54) is 0 Å². The van der Waals surface area contributed by atoms with Crippen LogP contribution in [0.2, 0.25) is 0 Å². The van der Waals surface area contributed by atoms with E-state index < -0.39 is 89.6 Å². The molecule has 0 saturated heterocycles. The first kappa shape index (κ1) is 23.4. The van der Waals surface area contributed by atoms with Crippen molar-refractivity contribution in [2.75, 3.05) is 4.90 Å². The van der Waals surface area contributed by atoms with Gasteiger partial charge in [-0.15, -0.1) is 0 Å². The molecule has 0 fully saturated rings. The summed E-state index contributed by atoms with van der Waals surface area (Å²) in [5, 5.41) is 3.37. The smallest absolute Gasteiger partial charge is 0.0645 e. The fourth-order valence-electron chi connectivity index (χ4n) is 7.24. The highest BCUT2D eigenvalue weighted by atomic mass is 15.1. The number of nitrogens with zero attached hydrogens (tertiary/aromatic N) is 1. The van der Waals surface area contributed by atoms with Crippen molar-refractivity contribution in [3.63, 3.8) is 0 Å². The average molecular weight is 738 g/mol. The molecule has 0 aliphatic heterocycles. The molecule has 0 bridgehead atoms. The van der Waals surface area contributed by atoms with Crippen LogP contribution in [0.15, 0.2) is 236 Å². The second-order valence-corrected chi connectivity index (χ2v) is 13.6. The zero-order valence-corrected chi connectivity index (χ0v) is 30.5. The van der Waals surface area contributed by atoms with E-state index in [9.17, 15) is 16.4 Å². The van der Waals surface area contributed by atoms with Crippen molar-refractivity contribution in [1.82, 2.24) is 0 Å². The Morgan fingerprint density at radius 1 is 0.281 bits per heavy atom. The van der Waals surface area contributed by atoms with Gasteiger partial charge in [0.2, 0.25) is 0 Å². The maximum atomic E-state index is 9.76. The zero-order chi connectivity index (χ0) is 48.4. The molecule has 0 unspecified atom stereocenters. The van der Waals surface area contributed by atoms with Gasteiger partial charge in [0.05, 0.1) is 16.4 Å². The third-order valence-corrected chi connectivity index (χ3v) is 10.1. The van der Waals surface area contributed by atoms with Gasteiger partial charge in [-0.2, -0.15) is 0 Å². The number of fused-ring (bicyclic) bond motifs is 2. The van der Waals surface area contributed by atoms with Crippen molar-refractivity contribution in [3.8, 4) is 55.6 Å². The van der Waals surface area contributed by atoms with Gasteiger partial charge in [-0.05, 0) is 126 Å². The third kappa shape index (κ3) is 6.77. The molecule has 0 aliphatic carbocycles. The molecule has 57 heavy (non-hydrogen) atoms. The number of hydrogen-bond donors (Lipinski definition) is 0. The molecule has 268 valence electrons. The predicted molar refractivity (Wildman–Crippen MR) is 243 cm³/mol. The Labute approximate surface area is 351 Å². The number of rotatable bonds is 8. The second-order valence-electron chi connectivity index (χ2n) is 13.6. The summed E-state index contributed by atoms with van der Waals surface area (Å²) in [6.07, 6.45) is 0. The fourth-order valence-corrected chi connectivity index (χ4v) is 7.24. The van der Waals surface area contributed by atoms with Gasteiger partial charge in [-0.25, -0.2) is 0 Å². The molecule has 0 heterocycles. The van der Waals surface area contributed by atoms with Crippen LogP contribution in [0.1, 0.15) is 16.4 Å². The topological polar surface area (TPSA) is 3.24 Å². The van der Waals surface area contributed by atoms with Gasteiger partial charge in [0.1, 0.15) is 0 Å². The molecule has 10 aromatic rings. The van der Waals surface area contributed by atoms with E-state index >= 15 is 0 Å². The number of anilines is 3. The Morgan fingerprint density at radius 2 is 0.737 bits per heavy atom. The minimum Gasteiger partial charge on any atom is -0.311 e. The van der Waals surface area contributed by atoms with Crippen molar-refractivity contribution in [2.24, 2.45) is 0 Å². The maximum absolute atomic E-state index is 9.76. The molecule has 0 aliphatic rings. The van der Waals surface area contributed by atoms with Crippen LogP contribution < -0.4 is 4.90 Å². The molecule has 10 aromatic carbocycles. The molecular formula is C56H39N. The van der Waals surface area contributed by atoms with Gasteiger partial charge in [0, 0.05) is 17.1 Å². The van der Waals surface area contributed by atoms with Crippen molar-refractivity contribution in [2.45, 2.75) is 0 Å². The van der Waals surface area contributed by atoms with Gasteiger partial charge >= 0.3 is 0 Å². The Kier molecular flexibility index (Phi) is 6.16. The lowest BCUT2D eigenvalue weighted by Crippen LogP contribution is -2.09. The second kappa shape index (κ2) is 15.0. The molecule has 0 N–H and O–H groups in total. The van der Waals surface area contributed by atoms with E-state index in [1.54, 1.807) is 36.4 Å². The van der Waals surface area contributed by atoms with Crippen LogP contribution >= 0.6 is 0 Å². The lowest BCUT2D eigenvalue weighted by atomic mass is 9.90. The average Bonchev–Trinajstić information content (AvgIpc) is 3.37. The van der Waals surface area contributed by atoms with Crippen molar-refractivity contribution in [1.29, 1.82) is 0 Å². The third-order valence-electron chi connectivity index (χ3n) is 10.1.